The van der Waals surface area contributed by atoms with Gasteiger partial charge in [0.15, 0.2) is 0 Å². The maximum Gasteiger partial charge on any atom is 0.0586 e. The lowest BCUT2D eigenvalue weighted by molar-refractivity contribution is 0.540. The molecule has 0 radical (unpaired) electrons. The van der Waals surface area contributed by atoms with E-state index in [0.29, 0.717) is 0 Å². The Bertz CT molecular complexity index is 347. The first kappa shape index (κ1) is 10.1. The highest BCUT2D eigenvalue weighted by Gasteiger charge is 2.21. The summed E-state index contributed by atoms with van der Waals surface area (Å²) in [5.41, 5.74) is 2.63. The molecule has 76 valence electrons. The molecule has 0 bridgehead atoms. The van der Waals surface area contributed by atoms with Gasteiger partial charge in [0.1, 0.15) is 0 Å². The molecule has 0 saturated heterocycles. The van der Waals surface area contributed by atoms with Crippen molar-refractivity contribution in [3.05, 3.63) is 21.8 Å². The lowest BCUT2D eigenvalue weighted by Crippen LogP contribution is -2.30. The Hall–Kier alpha value is -0.450. The van der Waals surface area contributed by atoms with Crippen molar-refractivity contribution in [1.29, 1.82) is 0 Å². The van der Waals surface area contributed by atoms with Gasteiger partial charge in [-0.1, -0.05) is 0 Å². The fourth-order valence-corrected chi connectivity index (χ4v) is 2.20. The minimum Gasteiger partial charge on any atom is -0.383 e. The molecule has 0 aromatic heterocycles. The number of anilines is 2. The van der Waals surface area contributed by atoms with Gasteiger partial charge in [-0.25, -0.2) is 0 Å². The van der Waals surface area contributed by atoms with Crippen LogP contribution in [0.4, 0.5) is 11.4 Å². The maximum absolute atomic E-state index is 3.56. The van der Waals surface area contributed by atoms with E-state index in [1.807, 2.05) is 0 Å². The van der Waals surface area contributed by atoms with Crippen LogP contribution in [0.15, 0.2) is 18.2 Å². The van der Waals surface area contributed by atoms with Gasteiger partial charge in [-0.05, 0) is 61.1 Å². The van der Waals surface area contributed by atoms with E-state index in [-0.39, 0.29) is 5.54 Å². The normalized spacial score (nSPS) is 18.8. The molecule has 3 heteroatoms. The van der Waals surface area contributed by atoms with Crippen molar-refractivity contribution in [3.8, 4) is 0 Å². The molecule has 2 rings (SSSR count). The smallest absolute Gasteiger partial charge is 0.0586 e. The predicted molar refractivity (Wildman–Crippen MR) is 70.0 cm³/mol. The van der Waals surface area contributed by atoms with Crippen LogP contribution >= 0.6 is 22.6 Å². The average Bonchev–Trinajstić information content (AvgIpc) is 2.22. The molecule has 0 saturated carbocycles. The summed E-state index contributed by atoms with van der Waals surface area (Å²) in [6, 6.07) is 6.47. The van der Waals surface area contributed by atoms with Gasteiger partial charge in [0.2, 0.25) is 0 Å². The second-order valence-electron chi connectivity index (χ2n) is 4.38. The number of hydrogen-bond donors (Lipinski definition) is 2. The molecule has 1 aromatic carbocycles. The number of halogens is 1. The summed E-state index contributed by atoms with van der Waals surface area (Å²) in [6.45, 7) is 5.51. The molecule has 0 unspecified atom stereocenters. The molecule has 0 atom stereocenters. The van der Waals surface area contributed by atoms with E-state index in [9.17, 15) is 0 Å². The number of benzene rings is 1. The van der Waals surface area contributed by atoms with E-state index < -0.39 is 0 Å². The Labute approximate surface area is 98.6 Å². The Morgan fingerprint density at radius 3 is 2.86 bits per heavy atom. The van der Waals surface area contributed by atoms with Gasteiger partial charge in [0.05, 0.1) is 11.4 Å². The second kappa shape index (κ2) is 3.61. The largest absolute Gasteiger partial charge is 0.383 e. The van der Waals surface area contributed by atoms with Crippen LogP contribution in [0.5, 0.6) is 0 Å². The summed E-state index contributed by atoms with van der Waals surface area (Å²) in [6.07, 6.45) is 1.14. The Balaban J connectivity index is 2.37. The highest BCUT2D eigenvalue weighted by atomic mass is 127. The van der Waals surface area contributed by atoms with E-state index >= 15 is 0 Å². The predicted octanol–water partition coefficient (Wildman–Crippen LogP) is 3.30. The van der Waals surface area contributed by atoms with Crippen LogP contribution in [0.2, 0.25) is 0 Å². The third-order valence-corrected chi connectivity index (χ3v) is 3.19. The zero-order valence-corrected chi connectivity index (χ0v) is 10.7. The van der Waals surface area contributed by atoms with Crippen molar-refractivity contribution < 1.29 is 0 Å². The lowest BCUT2D eigenvalue weighted by Gasteiger charge is -2.24. The highest BCUT2D eigenvalue weighted by Crippen LogP contribution is 2.30. The molecule has 2 N–H and O–H groups in total. The third-order valence-electron chi connectivity index (χ3n) is 2.52. The first-order valence-electron chi connectivity index (χ1n) is 4.88. The van der Waals surface area contributed by atoms with Crippen molar-refractivity contribution in [2.45, 2.75) is 25.8 Å². The Morgan fingerprint density at radius 1 is 1.29 bits per heavy atom. The average molecular weight is 302 g/mol. The van der Waals surface area contributed by atoms with Gasteiger partial charge in [-0.2, -0.15) is 0 Å². The minimum atomic E-state index is 0.186. The van der Waals surface area contributed by atoms with Crippen molar-refractivity contribution in [2.75, 3.05) is 17.2 Å². The Morgan fingerprint density at radius 2 is 2.07 bits per heavy atom. The van der Waals surface area contributed by atoms with Crippen LogP contribution in [0.1, 0.15) is 20.3 Å². The van der Waals surface area contributed by atoms with Gasteiger partial charge in [0.25, 0.3) is 0 Å². The van der Waals surface area contributed by atoms with E-state index in [4.69, 9.17) is 0 Å². The molecular weight excluding hydrogens is 287 g/mol. The number of rotatable bonds is 0. The molecular formula is C11H15IN2. The number of fused-ring (bicyclic) bond motifs is 1. The molecule has 1 aliphatic heterocycles. The zero-order chi connectivity index (χ0) is 10.2. The van der Waals surface area contributed by atoms with Crippen LogP contribution < -0.4 is 10.6 Å². The van der Waals surface area contributed by atoms with Crippen molar-refractivity contribution in [3.63, 3.8) is 0 Å². The summed E-state index contributed by atoms with van der Waals surface area (Å²) >= 11 is 2.34. The first-order chi connectivity index (χ1) is 6.57. The van der Waals surface area contributed by atoms with E-state index in [0.717, 1.165) is 13.0 Å². The molecule has 0 amide bonds. The van der Waals surface area contributed by atoms with Crippen molar-refractivity contribution in [1.82, 2.24) is 0 Å². The van der Waals surface area contributed by atoms with E-state index in [2.05, 4.69) is 65.3 Å². The highest BCUT2D eigenvalue weighted by molar-refractivity contribution is 14.1. The summed E-state index contributed by atoms with van der Waals surface area (Å²) in [4.78, 5) is 0. The molecule has 1 heterocycles. The van der Waals surface area contributed by atoms with Crippen molar-refractivity contribution >= 4 is 34.0 Å². The third kappa shape index (κ3) is 2.13. The topological polar surface area (TPSA) is 24.1 Å². The SMILES string of the molecule is CC1(C)CCNc2cc(I)ccc2N1. The fourth-order valence-electron chi connectivity index (χ4n) is 1.71. The summed E-state index contributed by atoms with van der Waals surface area (Å²) < 4.78 is 1.27. The molecule has 14 heavy (non-hydrogen) atoms. The van der Waals surface area contributed by atoms with Gasteiger partial charge in [0, 0.05) is 15.7 Å². The summed E-state index contributed by atoms with van der Waals surface area (Å²) in [7, 11) is 0. The fraction of sp³-hybridized carbons (Fsp3) is 0.455. The molecule has 0 aliphatic carbocycles. The van der Waals surface area contributed by atoms with Gasteiger partial charge >= 0.3 is 0 Å². The van der Waals surface area contributed by atoms with Gasteiger partial charge < -0.3 is 10.6 Å². The Kier molecular flexibility index (Phi) is 2.60. The van der Waals surface area contributed by atoms with Gasteiger partial charge in [-0.3, -0.25) is 0 Å². The van der Waals surface area contributed by atoms with Crippen LogP contribution in [-0.4, -0.2) is 12.1 Å². The maximum atomic E-state index is 3.56. The van der Waals surface area contributed by atoms with Crippen LogP contribution in [-0.2, 0) is 0 Å². The minimum absolute atomic E-state index is 0.186. The first-order valence-corrected chi connectivity index (χ1v) is 5.96. The van der Waals surface area contributed by atoms with Crippen LogP contribution in [0.3, 0.4) is 0 Å². The molecule has 2 nitrogen and oxygen atoms in total. The number of hydrogen-bond acceptors (Lipinski definition) is 2. The molecule has 1 aromatic rings. The summed E-state index contributed by atoms with van der Waals surface area (Å²) in [5.74, 6) is 0. The molecule has 0 spiro atoms. The van der Waals surface area contributed by atoms with E-state index in [1.165, 1.54) is 14.9 Å². The second-order valence-corrected chi connectivity index (χ2v) is 5.62. The molecule has 1 aliphatic rings. The van der Waals surface area contributed by atoms with Crippen LogP contribution in [0.25, 0.3) is 0 Å². The summed E-state index contributed by atoms with van der Waals surface area (Å²) in [5, 5.41) is 7.01. The van der Waals surface area contributed by atoms with Gasteiger partial charge in [-0.15, -0.1) is 0 Å². The quantitative estimate of drug-likeness (QED) is 0.719. The zero-order valence-electron chi connectivity index (χ0n) is 8.52. The standard InChI is InChI=1S/C11H15IN2/c1-11(2)5-6-13-10-7-8(12)3-4-9(10)14-11/h3-4,7,13-14H,5-6H2,1-2H3. The lowest BCUT2D eigenvalue weighted by atomic mass is 10.0. The number of nitrogens with one attached hydrogen (secondary N) is 2. The van der Waals surface area contributed by atoms with Crippen LogP contribution in [0, 0.1) is 3.57 Å². The van der Waals surface area contributed by atoms with E-state index in [1.54, 1.807) is 0 Å². The monoisotopic (exact) mass is 302 g/mol. The molecule has 0 fully saturated rings. The van der Waals surface area contributed by atoms with Crippen molar-refractivity contribution in [2.24, 2.45) is 0 Å².